The highest BCUT2D eigenvalue weighted by molar-refractivity contribution is 5.76. The van der Waals surface area contributed by atoms with Gasteiger partial charge in [0.15, 0.2) is 0 Å². The number of rotatable bonds is 3. The van der Waals surface area contributed by atoms with Gasteiger partial charge in [-0.3, -0.25) is 4.79 Å². The summed E-state index contributed by atoms with van der Waals surface area (Å²) in [6, 6.07) is 0. The van der Waals surface area contributed by atoms with Crippen LogP contribution in [0.25, 0.3) is 0 Å². The van der Waals surface area contributed by atoms with Crippen LogP contribution in [-0.2, 0) is 9.53 Å². The highest BCUT2D eigenvalue weighted by Crippen LogP contribution is 2.32. The Labute approximate surface area is 132 Å². The molecule has 0 aromatic rings. The van der Waals surface area contributed by atoms with Crippen molar-refractivity contribution in [3.63, 3.8) is 0 Å². The number of hydrogen-bond acceptors (Lipinski definition) is 2. The van der Waals surface area contributed by atoms with E-state index in [1.54, 1.807) is 0 Å². The maximum absolute atomic E-state index is 12.4. The van der Waals surface area contributed by atoms with Gasteiger partial charge in [0.05, 0.1) is 5.41 Å². The lowest BCUT2D eigenvalue weighted by atomic mass is 9.87. The van der Waals surface area contributed by atoms with Crippen molar-refractivity contribution in [2.24, 2.45) is 5.41 Å². The highest BCUT2D eigenvalue weighted by atomic mass is 16.6. The molecule has 1 fully saturated rings. The van der Waals surface area contributed by atoms with Gasteiger partial charge in [0.25, 0.3) is 0 Å². The topological polar surface area (TPSA) is 26.3 Å². The molecule has 0 aromatic carbocycles. The number of carbonyl (C=O) groups excluding carboxylic acids is 1. The summed E-state index contributed by atoms with van der Waals surface area (Å²) in [6.07, 6.45) is 14.7. The minimum Gasteiger partial charge on any atom is -0.459 e. The second-order valence-corrected chi connectivity index (χ2v) is 7.76. The molecule has 1 rings (SSSR count). The molecule has 1 saturated carbocycles. The van der Waals surface area contributed by atoms with Crippen LogP contribution in [0, 0.1) is 5.41 Å². The molecule has 0 unspecified atom stereocenters. The molecule has 1 aliphatic carbocycles. The monoisotopic (exact) mass is 296 g/mol. The first kappa shape index (κ1) is 18.5. The lowest BCUT2D eigenvalue weighted by Gasteiger charge is -2.34. The molecule has 0 bridgehead atoms. The Kier molecular flexibility index (Phi) is 7.76. The van der Waals surface area contributed by atoms with E-state index < -0.39 is 0 Å². The summed E-state index contributed by atoms with van der Waals surface area (Å²) in [7, 11) is 0. The number of esters is 1. The first-order chi connectivity index (χ1) is 9.90. The van der Waals surface area contributed by atoms with Crippen LogP contribution in [0.1, 0.15) is 105 Å². The fourth-order valence-electron chi connectivity index (χ4n) is 2.97. The molecule has 0 N–H and O–H groups in total. The molecule has 0 amide bonds. The first-order valence-electron chi connectivity index (χ1n) is 9.13. The van der Waals surface area contributed by atoms with Crippen molar-refractivity contribution in [2.75, 3.05) is 0 Å². The van der Waals surface area contributed by atoms with Gasteiger partial charge in [-0.15, -0.1) is 0 Å². The van der Waals surface area contributed by atoms with Crippen LogP contribution in [-0.4, -0.2) is 11.6 Å². The van der Waals surface area contributed by atoms with Gasteiger partial charge in [-0.1, -0.05) is 51.9 Å². The summed E-state index contributed by atoms with van der Waals surface area (Å²) in [5, 5.41) is 0. The van der Waals surface area contributed by atoms with E-state index in [2.05, 4.69) is 13.8 Å². The lowest BCUT2D eigenvalue weighted by molar-refractivity contribution is -0.170. The van der Waals surface area contributed by atoms with Gasteiger partial charge in [-0.2, -0.15) is 0 Å². The predicted octanol–water partition coefficient (Wildman–Crippen LogP) is 6.03. The molecular weight excluding hydrogens is 260 g/mol. The summed E-state index contributed by atoms with van der Waals surface area (Å²) in [6.45, 7) is 8.20. The molecule has 21 heavy (non-hydrogen) atoms. The van der Waals surface area contributed by atoms with Gasteiger partial charge in [-0.05, 0) is 52.9 Å². The van der Waals surface area contributed by atoms with E-state index in [1.807, 2.05) is 13.8 Å². The lowest BCUT2D eigenvalue weighted by Crippen LogP contribution is -2.37. The quantitative estimate of drug-likeness (QED) is 0.594. The first-order valence-corrected chi connectivity index (χ1v) is 9.13. The number of carbonyl (C=O) groups is 1. The van der Waals surface area contributed by atoms with Crippen molar-refractivity contribution in [3.05, 3.63) is 0 Å². The van der Waals surface area contributed by atoms with Gasteiger partial charge in [0.1, 0.15) is 5.60 Å². The second kappa shape index (κ2) is 8.80. The van der Waals surface area contributed by atoms with Crippen LogP contribution in [0.5, 0.6) is 0 Å². The Hall–Kier alpha value is -0.530. The van der Waals surface area contributed by atoms with Crippen LogP contribution in [0.4, 0.5) is 0 Å². The second-order valence-electron chi connectivity index (χ2n) is 7.76. The maximum atomic E-state index is 12.4. The van der Waals surface area contributed by atoms with Crippen molar-refractivity contribution in [3.8, 4) is 0 Å². The van der Waals surface area contributed by atoms with E-state index in [0.29, 0.717) is 0 Å². The summed E-state index contributed by atoms with van der Waals surface area (Å²) < 4.78 is 6.00. The van der Waals surface area contributed by atoms with Crippen molar-refractivity contribution in [1.82, 2.24) is 0 Å². The molecule has 0 radical (unpaired) electrons. The van der Waals surface area contributed by atoms with E-state index in [1.165, 1.54) is 57.8 Å². The Bertz CT molecular complexity index is 295. The predicted molar refractivity (Wildman–Crippen MR) is 89.4 cm³/mol. The van der Waals surface area contributed by atoms with E-state index in [0.717, 1.165) is 19.3 Å². The molecular formula is C19H36O2. The zero-order valence-electron chi connectivity index (χ0n) is 14.8. The van der Waals surface area contributed by atoms with E-state index in [9.17, 15) is 4.79 Å². The van der Waals surface area contributed by atoms with Crippen molar-refractivity contribution < 1.29 is 9.53 Å². The Morgan fingerprint density at radius 2 is 1.29 bits per heavy atom. The number of ether oxygens (including phenoxy) is 1. The van der Waals surface area contributed by atoms with E-state index >= 15 is 0 Å². The van der Waals surface area contributed by atoms with Gasteiger partial charge in [0, 0.05) is 0 Å². The molecule has 0 aromatic heterocycles. The van der Waals surface area contributed by atoms with Crippen LogP contribution in [0.2, 0.25) is 0 Å². The highest BCUT2D eigenvalue weighted by Gasteiger charge is 2.34. The molecule has 0 heterocycles. The van der Waals surface area contributed by atoms with Gasteiger partial charge in [-0.25, -0.2) is 0 Å². The van der Waals surface area contributed by atoms with Gasteiger partial charge in [0.2, 0.25) is 0 Å². The summed E-state index contributed by atoms with van der Waals surface area (Å²) in [5.41, 5.74) is -0.602. The summed E-state index contributed by atoms with van der Waals surface area (Å²) >= 11 is 0. The van der Waals surface area contributed by atoms with Crippen molar-refractivity contribution in [2.45, 2.75) is 110 Å². The average molecular weight is 296 g/mol. The molecule has 124 valence electrons. The van der Waals surface area contributed by atoms with E-state index in [4.69, 9.17) is 4.74 Å². The molecule has 0 saturated heterocycles. The average Bonchev–Trinajstić information content (AvgIpc) is 2.43. The zero-order valence-corrected chi connectivity index (χ0v) is 14.8. The van der Waals surface area contributed by atoms with Crippen LogP contribution in [0.3, 0.4) is 0 Å². The van der Waals surface area contributed by atoms with Crippen LogP contribution in [0.15, 0.2) is 0 Å². The molecule has 0 spiro atoms. The third-order valence-electron chi connectivity index (χ3n) is 5.19. The van der Waals surface area contributed by atoms with Crippen LogP contribution >= 0.6 is 0 Å². The smallest absolute Gasteiger partial charge is 0.312 e. The SMILES string of the molecule is CCC(C)(C)C(=O)OC1(C)CCCCCCCCCCC1. The minimum atomic E-state index is -0.354. The third kappa shape index (κ3) is 6.84. The Morgan fingerprint density at radius 1 is 0.905 bits per heavy atom. The fraction of sp³-hybridized carbons (Fsp3) is 0.947. The van der Waals surface area contributed by atoms with Crippen LogP contribution < -0.4 is 0 Å². The largest absolute Gasteiger partial charge is 0.459 e. The molecule has 2 nitrogen and oxygen atoms in total. The van der Waals surface area contributed by atoms with Crippen molar-refractivity contribution >= 4 is 5.97 Å². The normalized spacial score (nSPS) is 21.9. The summed E-state index contributed by atoms with van der Waals surface area (Å²) in [5.74, 6) is -0.0143. The third-order valence-corrected chi connectivity index (χ3v) is 5.19. The standard InChI is InChI=1S/C19H36O2/c1-5-18(2,3)17(20)21-19(4)15-13-11-9-7-6-8-10-12-14-16-19/h5-16H2,1-4H3. The Morgan fingerprint density at radius 3 is 1.67 bits per heavy atom. The molecule has 1 aliphatic rings. The molecule has 0 aliphatic heterocycles. The minimum absolute atomic E-state index is 0.0143. The maximum Gasteiger partial charge on any atom is 0.312 e. The van der Waals surface area contributed by atoms with E-state index in [-0.39, 0.29) is 17.0 Å². The molecule has 0 atom stereocenters. The molecule has 2 heteroatoms. The van der Waals surface area contributed by atoms with Gasteiger partial charge >= 0.3 is 5.97 Å². The fourth-order valence-corrected chi connectivity index (χ4v) is 2.97. The van der Waals surface area contributed by atoms with Gasteiger partial charge < -0.3 is 4.74 Å². The number of hydrogen-bond donors (Lipinski definition) is 0. The Balaban J connectivity index is 2.60. The summed E-state index contributed by atoms with van der Waals surface area (Å²) in [4.78, 5) is 12.4. The van der Waals surface area contributed by atoms with Crippen molar-refractivity contribution in [1.29, 1.82) is 0 Å². The zero-order chi connectivity index (χ0) is 15.8.